The van der Waals surface area contributed by atoms with E-state index < -0.39 is 17.5 Å². The van der Waals surface area contributed by atoms with Crippen LogP contribution in [0, 0.1) is 6.92 Å². The number of hydrogen-bond acceptors (Lipinski definition) is 5. The quantitative estimate of drug-likeness (QED) is 0.569. The Morgan fingerprint density at radius 3 is 2.00 bits per heavy atom. The maximum absolute atomic E-state index is 12.3. The molecule has 0 bridgehead atoms. The maximum Gasteiger partial charge on any atom is 0.350 e. The van der Waals surface area contributed by atoms with Crippen LogP contribution in [0.3, 0.4) is 0 Å². The summed E-state index contributed by atoms with van der Waals surface area (Å²) in [4.78, 5) is 24.6. The number of aryl methyl sites for hydroxylation is 1. The van der Waals surface area contributed by atoms with Crippen LogP contribution in [-0.2, 0) is 30.2 Å². The lowest BCUT2D eigenvalue weighted by Gasteiger charge is -2.28. The summed E-state index contributed by atoms with van der Waals surface area (Å²) in [7, 11) is 1.31. The first-order chi connectivity index (χ1) is 10.0. The minimum absolute atomic E-state index is 0.0772. The highest BCUT2D eigenvalue weighted by atomic mass is 16.6. The Kier molecular flexibility index (Phi) is 6.37. The smallest absolute Gasteiger partial charge is 0.350 e. The molecule has 0 aliphatic rings. The molecule has 0 aliphatic carbocycles. The Hall–Kier alpha value is -1.88. The van der Waals surface area contributed by atoms with Gasteiger partial charge in [0.25, 0.3) is 5.60 Å². The van der Waals surface area contributed by atoms with Gasteiger partial charge in [0.15, 0.2) is 0 Å². The van der Waals surface area contributed by atoms with Gasteiger partial charge in [0.1, 0.15) is 0 Å². The van der Waals surface area contributed by atoms with Crippen molar-refractivity contribution in [2.45, 2.75) is 32.8 Å². The zero-order chi connectivity index (χ0) is 15.9. The van der Waals surface area contributed by atoms with E-state index in [0.29, 0.717) is 0 Å². The molecule has 0 radical (unpaired) electrons. The van der Waals surface area contributed by atoms with Gasteiger partial charge in [0, 0.05) is 13.5 Å². The molecule has 21 heavy (non-hydrogen) atoms. The van der Waals surface area contributed by atoms with Crippen LogP contribution in [0.25, 0.3) is 0 Å². The summed E-state index contributed by atoms with van der Waals surface area (Å²) in [6.07, 6.45) is 0.0772. The molecule has 1 rings (SSSR count). The van der Waals surface area contributed by atoms with E-state index in [1.54, 1.807) is 13.8 Å². The van der Waals surface area contributed by atoms with Crippen molar-refractivity contribution in [1.29, 1.82) is 0 Å². The van der Waals surface area contributed by atoms with Gasteiger partial charge in [-0.05, 0) is 31.9 Å². The van der Waals surface area contributed by atoms with E-state index in [1.165, 1.54) is 7.11 Å². The zero-order valence-electron chi connectivity index (χ0n) is 13.0. The Morgan fingerprint density at radius 1 is 1.05 bits per heavy atom. The molecule has 5 heteroatoms. The Bertz CT molecular complexity index is 477. The molecule has 0 N–H and O–H groups in total. The standard InChI is InChI=1S/C16H22O5/c1-5-20-14(17)16(19-4,15(18)21-6-2)11-13-10-8-7-9-12(13)3/h7-10H,5-6,11H2,1-4H3. The molecular formula is C16H22O5. The summed E-state index contributed by atoms with van der Waals surface area (Å²) in [5, 5.41) is 0. The highest BCUT2D eigenvalue weighted by Gasteiger charge is 2.50. The average Bonchev–Trinajstić information content (AvgIpc) is 2.47. The third kappa shape index (κ3) is 3.82. The van der Waals surface area contributed by atoms with E-state index in [1.807, 2.05) is 31.2 Å². The number of carbonyl (C=O) groups excluding carboxylic acids is 2. The fourth-order valence-corrected chi connectivity index (χ4v) is 2.04. The third-order valence-electron chi connectivity index (χ3n) is 3.26. The van der Waals surface area contributed by atoms with Crippen molar-refractivity contribution in [1.82, 2.24) is 0 Å². The van der Waals surface area contributed by atoms with Gasteiger partial charge >= 0.3 is 11.9 Å². The monoisotopic (exact) mass is 294 g/mol. The molecule has 0 aliphatic heterocycles. The van der Waals surface area contributed by atoms with Crippen LogP contribution in [0.2, 0.25) is 0 Å². The van der Waals surface area contributed by atoms with Crippen molar-refractivity contribution in [3.63, 3.8) is 0 Å². The van der Waals surface area contributed by atoms with Gasteiger partial charge in [-0.25, -0.2) is 9.59 Å². The molecule has 0 atom stereocenters. The summed E-state index contributed by atoms with van der Waals surface area (Å²) < 4.78 is 15.3. The van der Waals surface area contributed by atoms with E-state index in [9.17, 15) is 9.59 Å². The second-order valence-corrected chi connectivity index (χ2v) is 4.58. The van der Waals surface area contributed by atoms with Crippen LogP contribution >= 0.6 is 0 Å². The minimum Gasteiger partial charge on any atom is -0.463 e. The van der Waals surface area contributed by atoms with Crippen molar-refractivity contribution in [2.24, 2.45) is 0 Å². The minimum atomic E-state index is -1.77. The van der Waals surface area contributed by atoms with Crippen molar-refractivity contribution in [2.75, 3.05) is 20.3 Å². The molecule has 5 nitrogen and oxygen atoms in total. The van der Waals surface area contributed by atoms with Crippen molar-refractivity contribution < 1.29 is 23.8 Å². The average molecular weight is 294 g/mol. The van der Waals surface area contributed by atoms with E-state index in [0.717, 1.165) is 11.1 Å². The topological polar surface area (TPSA) is 61.8 Å². The second kappa shape index (κ2) is 7.78. The molecule has 0 heterocycles. The number of benzene rings is 1. The lowest BCUT2D eigenvalue weighted by atomic mass is 9.91. The predicted molar refractivity (Wildman–Crippen MR) is 77.9 cm³/mol. The van der Waals surface area contributed by atoms with Gasteiger partial charge in [0.05, 0.1) is 13.2 Å². The van der Waals surface area contributed by atoms with Crippen molar-refractivity contribution >= 4 is 11.9 Å². The second-order valence-electron chi connectivity index (χ2n) is 4.58. The Morgan fingerprint density at radius 2 is 1.57 bits per heavy atom. The maximum atomic E-state index is 12.3. The third-order valence-corrected chi connectivity index (χ3v) is 3.26. The lowest BCUT2D eigenvalue weighted by Crippen LogP contribution is -2.52. The molecule has 0 amide bonds. The molecular weight excluding hydrogens is 272 g/mol. The van der Waals surface area contributed by atoms with Gasteiger partial charge in [-0.15, -0.1) is 0 Å². The summed E-state index contributed by atoms with van der Waals surface area (Å²) in [6.45, 7) is 5.59. The zero-order valence-corrected chi connectivity index (χ0v) is 13.0. The Balaban J connectivity index is 3.20. The number of hydrogen-bond donors (Lipinski definition) is 0. The van der Waals surface area contributed by atoms with Gasteiger partial charge in [-0.3, -0.25) is 0 Å². The lowest BCUT2D eigenvalue weighted by molar-refractivity contribution is -0.187. The largest absolute Gasteiger partial charge is 0.463 e. The van der Waals surface area contributed by atoms with Gasteiger partial charge in [-0.2, -0.15) is 0 Å². The summed E-state index contributed by atoms with van der Waals surface area (Å²) in [5.41, 5.74) is 0.0333. The normalized spacial score (nSPS) is 11.0. The fourth-order valence-electron chi connectivity index (χ4n) is 2.04. The SMILES string of the molecule is CCOC(=O)C(Cc1ccccc1C)(OC)C(=O)OCC. The summed E-state index contributed by atoms with van der Waals surface area (Å²) in [5.74, 6) is -1.46. The highest BCUT2D eigenvalue weighted by Crippen LogP contribution is 2.23. The molecule has 0 fully saturated rings. The molecule has 0 unspecified atom stereocenters. The Labute approximate surface area is 125 Å². The van der Waals surface area contributed by atoms with E-state index >= 15 is 0 Å². The van der Waals surface area contributed by atoms with Gasteiger partial charge in [-0.1, -0.05) is 24.3 Å². The number of ether oxygens (including phenoxy) is 3. The van der Waals surface area contributed by atoms with Crippen LogP contribution in [0.15, 0.2) is 24.3 Å². The molecule has 1 aromatic rings. The number of esters is 2. The molecule has 116 valence electrons. The molecule has 0 aromatic heterocycles. The van der Waals surface area contributed by atoms with Crippen LogP contribution in [0.5, 0.6) is 0 Å². The number of carbonyl (C=O) groups is 2. The molecule has 0 spiro atoms. The fraction of sp³-hybridized carbons (Fsp3) is 0.500. The van der Waals surface area contributed by atoms with Crippen LogP contribution in [0.1, 0.15) is 25.0 Å². The van der Waals surface area contributed by atoms with E-state index in [-0.39, 0.29) is 19.6 Å². The molecule has 0 saturated carbocycles. The van der Waals surface area contributed by atoms with Crippen LogP contribution in [0.4, 0.5) is 0 Å². The van der Waals surface area contributed by atoms with Gasteiger partial charge < -0.3 is 14.2 Å². The summed E-state index contributed by atoms with van der Waals surface area (Å²) >= 11 is 0. The summed E-state index contributed by atoms with van der Waals surface area (Å²) in [6, 6.07) is 7.49. The van der Waals surface area contributed by atoms with Crippen molar-refractivity contribution in [3.05, 3.63) is 35.4 Å². The van der Waals surface area contributed by atoms with Crippen LogP contribution in [-0.4, -0.2) is 37.9 Å². The van der Waals surface area contributed by atoms with Crippen LogP contribution < -0.4 is 0 Å². The predicted octanol–water partition coefficient (Wildman–Crippen LogP) is 2.05. The van der Waals surface area contributed by atoms with E-state index in [4.69, 9.17) is 14.2 Å². The van der Waals surface area contributed by atoms with Crippen molar-refractivity contribution in [3.8, 4) is 0 Å². The highest BCUT2D eigenvalue weighted by molar-refractivity contribution is 6.04. The molecule has 1 aromatic carbocycles. The molecule has 0 saturated heterocycles. The van der Waals surface area contributed by atoms with Gasteiger partial charge in [0.2, 0.25) is 0 Å². The first-order valence-corrected chi connectivity index (χ1v) is 6.95. The van der Waals surface area contributed by atoms with E-state index in [2.05, 4.69) is 0 Å². The number of methoxy groups -OCH3 is 1. The number of rotatable bonds is 7. The first-order valence-electron chi connectivity index (χ1n) is 6.95. The first kappa shape index (κ1) is 17.2.